The summed E-state index contributed by atoms with van der Waals surface area (Å²) >= 11 is 0. The van der Waals surface area contributed by atoms with Crippen LogP contribution in [0.3, 0.4) is 0 Å². The highest BCUT2D eigenvalue weighted by Crippen LogP contribution is 2.38. The van der Waals surface area contributed by atoms with Crippen molar-refractivity contribution in [1.82, 2.24) is 4.90 Å². The summed E-state index contributed by atoms with van der Waals surface area (Å²) in [4.78, 5) is 52.6. The van der Waals surface area contributed by atoms with E-state index in [1.54, 1.807) is 85.7 Å². The molecule has 3 rings (SSSR count). The summed E-state index contributed by atoms with van der Waals surface area (Å²) in [5.74, 6) is -3.23. The van der Waals surface area contributed by atoms with Crippen LogP contribution in [0.15, 0.2) is 24.3 Å². The average Bonchev–Trinajstić information content (AvgIpc) is 3.13. The molecule has 16 nitrogen and oxygen atoms in total. The van der Waals surface area contributed by atoms with E-state index in [0.29, 0.717) is 12.7 Å². The summed E-state index contributed by atoms with van der Waals surface area (Å²) in [6.45, 7) is 13.5. The Labute approximate surface area is 343 Å². The average molecular weight is 828 g/mol. The van der Waals surface area contributed by atoms with E-state index >= 15 is 0 Å². The molecule has 0 spiro atoms. The number of likely N-dealkylation sites (N-methyl/N-ethyl adjacent to an activating group) is 1. The fourth-order valence-corrected chi connectivity index (χ4v) is 7.86. The van der Waals surface area contributed by atoms with E-state index in [-0.39, 0.29) is 25.7 Å². The van der Waals surface area contributed by atoms with E-state index in [1.165, 1.54) is 7.11 Å². The highest BCUT2D eigenvalue weighted by atomic mass is 16.7. The molecule has 0 aromatic heterocycles. The van der Waals surface area contributed by atoms with Crippen LogP contribution in [-0.4, -0.2) is 151 Å². The van der Waals surface area contributed by atoms with Gasteiger partial charge in [-0.25, -0.2) is 0 Å². The topological polar surface area (TPSA) is 206 Å². The summed E-state index contributed by atoms with van der Waals surface area (Å²) in [6.07, 6.45) is -4.28. The van der Waals surface area contributed by atoms with Crippen LogP contribution in [0.25, 0.3) is 0 Å². The maximum atomic E-state index is 13.3. The van der Waals surface area contributed by atoms with Crippen molar-refractivity contribution < 1.29 is 72.4 Å². The Morgan fingerprint density at radius 3 is 2.29 bits per heavy atom. The standard InChI is InChI=1S/C42H69NO15/c1-12-31(46)55-30-21-32(47)52-25(5)16-14-13-15-17-29(45)24(4)20-28(18-19-44)37(38(30)51-11)57-41-35(48)34(43(9)10)36(26(6)54-41)56-33-22-42(8,50)39(27(7)53-33)58-40(49)23(2)3/h13-15,17,19,23-30,33-39,41,45,48,50H,12,16,18,20-22H2,1-11H3/b14-13+,17-15+/t24-,25-,26-,27+,28+,29+,30-,33+,34-,35-,36-,37+,38+,39+,41+,42-/m1/s1. The number of ether oxygens (including phenoxy) is 8. The molecule has 16 heteroatoms. The lowest BCUT2D eigenvalue weighted by Gasteiger charge is -2.50. The molecule has 2 fully saturated rings. The van der Waals surface area contributed by atoms with Crippen LogP contribution in [-0.2, 0) is 57.1 Å². The molecule has 0 saturated carbocycles. The number of hydrogen-bond acceptors (Lipinski definition) is 16. The first kappa shape index (κ1) is 49.6. The van der Waals surface area contributed by atoms with Crippen LogP contribution in [0.2, 0.25) is 0 Å². The maximum Gasteiger partial charge on any atom is 0.309 e. The van der Waals surface area contributed by atoms with E-state index in [0.717, 1.165) is 0 Å². The summed E-state index contributed by atoms with van der Waals surface area (Å²) in [5, 5.41) is 34.6. The predicted octanol–water partition coefficient (Wildman–Crippen LogP) is 3.01. The minimum Gasteiger partial charge on any atom is -0.462 e. The number of allylic oxidation sites excluding steroid dienone is 2. The van der Waals surface area contributed by atoms with Crippen LogP contribution in [0.5, 0.6) is 0 Å². The molecule has 58 heavy (non-hydrogen) atoms. The Kier molecular flexibility index (Phi) is 19.4. The molecule has 0 unspecified atom stereocenters. The number of hydrogen-bond donors (Lipinski definition) is 3. The minimum absolute atomic E-state index is 0.00142. The van der Waals surface area contributed by atoms with Gasteiger partial charge in [0.1, 0.15) is 42.4 Å². The van der Waals surface area contributed by atoms with Crippen LogP contribution in [0.1, 0.15) is 93.9 Å². The molecule has 3 aliphatic heterocycles. The largest absolute Gasteiger partial charge is 0.462 e. The lowest BCUT2D eigenvalue weighted by molar-refractivity contribution is -0.344. The Morgan fingerprint density at radius 1 is 1.02 bits per heavy atom. The van der Waals surface area contributed by atoms with Crippen molar-refractivity contribution in [3.8, 4) is 0 Å². The maximum absolute atomic E-state index is 13.3. The lowest BCUT2D eigenvalue weighted by atomic mass is 9.82. The van der Waals surface area contributed by atoms with E-state index < -0.39 is 127 Å². The van der Waals surface area contributed by atoms with Gasteiger partial charge in [-0.3, -0.25) is 14.4 Å². The quantitative estimate of drug-likeness (QED) is 0.147. The fraction of sp³-hybridized carbons (Fsp3) is 0.810. The van der Waals surface area contributed by atoms with Gasteiger partial charge in [0, 0.05) is 32.8 Å². The molecule has 0 aliphatic carbocycles. The lowest BCUT2D eigenvalue weighted by Crippen LogP contribution is -2.66. The SMILES string of the molecule is CCC(=O)O[C@@H]1CC(=O)O[C@H](C)C/C=C/C=C/[C@H](O)[C@H](C)C[C@H](CC=O)[C@H](O[C@@H]2O[C@H](C)[C@@H](O[C@H]3C[C@@](C)(O)[C@@H](OC(=O)C(C)C)[C@H](C)O3)[C@H](N(C)C)[C@H]2O)[C@H]1OC. The third-order valence-electron chi connectivity index (χ3n) is 11.1. The first-order valence-corrected chi connectivity index (χ1v) is 20.5. The van der Waals surface area contributed by atoms with Crippen molar-refractivity contribution in [3.05, 3.63) is 24.3 Å². The Balaban J connectivity index is 2.01. The first-order valence-electron chi connectivity index (χ1n) is 20.5. The van der Waals surface area contributed by atoms with Crippen molar-refractivity contribution in [3.63, 3.8) is 0 Å². The van der Waals surface area contributed by atoms with Gasteiger partial charge < -0.3 is 62.9 Å². The second kappa shape index (κ2) is 22.7. The van der Waals surface area contributed by atoms with E-state index in [2.05, 4.69) is 0 Å². The van der Waals surface area contributed by atoms with Crippen LogP contribution >= 0.6 is 0 Å². The van der Waals surface area contributed by atoms with Crippen molar-refractivity contribution in [2.24, 2.45) is 17.8 Å². The number of carbonyl (C=O) groups is 4. The second-order valence-corrected chi connectivity index (χ2v) is 16.7. The first-order chi connectivity index (χ1) is 27.2. The van der Waals surface area contributed by atoms with E-state index in [4.69, 9.17) is 37.9 Å². The molecule has 0 amide bonds. The number of aliphatic hydroxyl groups is 3. The van der Waals surface area contributed by atoms with Crippen molar-refractivity contribution in [2.75, 3.05) is 21.2 Å². The van der Waals surface area contributed by atoms with Gasteiger partial charge in [0.15, 0.2) is 18.7 Å². The summed E-state index contributed by atoms with van der Waals surface area (Å²) in [6, 6.07) is -0.782. The fourth-order valence-electron chi connectivity index (χ4n) is 7.86. The van der Waals surface area contributed by atoms with Gasteiger partial charge in [-0.15, -0.1) is 0 Å². The summed E-state index contributed by atoms with van der Waals surface area (Å²) < 4.78 is 48.7. The molecular formula is C42H69NO15. The number of carbonyl (C=O) groups excluding carboxylic acids is 4. The normalized spacial score (nSPS) is 40.7. The molecule has 3 aliphatic rings. The second-order valence-electron chi connectivity index (χ2n) is 16.7. The van der Waals surface area contributed by atoms with Crippen LogP contribution in [0, 0.1) is 17.8 Å². The van der Waals surface area contributed by atoms with Crippen LogP contribution in [0.4, 0.5) is 0 Å². The van der Waals surface area contributed by atoms with Crippen molar-refractivity contribution in [1.29, 1.82) is 0 Å². The Hall–Kier alpha value is -2.80. The smallest absolute Gasteiger partial charge is 0.309 e. The molecular weight excluding hydrogens is 758 g/mol. The van der Waals surface area contributed by atoms with Gasteiger partial charge in [0.2, 0.25) is 0 Å². The molecule has 16 atom stereocenters. The highest BCUT2D eigenvalue weighted by molar-refractivity contribution is 5.73. The third kappa shape index (κ3) is 13.6. The number of rotatable bonds is 12. The van der Waals surface area contributed by atoms with Gasteiger partial charge in [0.25, 0.3) is 0 Å². The highest BCUT2D eigenvalue weighted by Gasteiger charge is 2.53. The van der Waals surface area contributed by atoms with Gasteiger partial charge in [-0.1, -0.05) is 52.0 Å². The Morgan fingerprint density at radius 2 is 1.71 bits per heavy atom. The van der Waals surface area contributed by atoms with Gasteiger partial charge in [-0.05, 0) is 60.0 Å². The molecule has 0 aromatic carbocycles. The van der Waals surface area contributed by atoms with Gasteiger partial charge in [0.05, 0.1) is 42.8 Å². The molecule has 332 valence electrons. The van der Waals surface area contributed by atoms with E-state index in [1.807, 2.05) is 13.0 Å². The van der Waals surface area contributed by atoms with E-state index in [9.17, 15) is 34.5 Å². The minimum atomic E-state index is -1.50. The Bertz CT molecular complexity index is 1390. The third-order valence-corrected chi connectivity index (χ3v) is 11.1. The molecule has 0 aromatic rings. The number of aldehydes is 1. The summed E-state index contributed by atoms with van der Waals surface area (Å²) in [5.41, 5.74) is -1.50. The molecule has 3 N–H and O–H groups in total. The van der Waals surface area contributed by atoms with Crippen molar-refractivity contribution in [2.45, 2.75) is 179 Å². The molecule has 0 bridgehead atoms. The van der Waals surface area contributed by atoms with Gasteiger partial charge in [-0.2, -0.15) is 0 Å². The number of aliphatic hydroxyl groups excluding tert-OH is 2. The van der Waals surface area contributed by atoms with Crippen molar-refractivity contribution >= 4 is 24.2 Å². The zero-order valence-electron chi connectivity index (χ0n) is 36.1. The molecule has 2 saturated heterocycles. The summed E-state index contributed by atoms with van der Waals surface area (Å²) in [7, 11) is 4.87. The zero-order chi connectivity index (χ0) is 43.5. The van der Waals surface area contributed by atoms with Crippen LogP contribution < -0.4 is 0 Å². The zero-order valence-corrected chi connectivity index (χ0v) is 36.1. The number of cyclic esters (lactones) is 1. The predicted molar refractivity (Wildman–Crippen MR) is 210 cm³/mol. The molecule has 0 radical (unpaired) electrons. The number of nitrogens with zero attached hydrogens (tertiary/aromatic N) is 1. The number of esters is 3. The number of methoxy groups -OCH3 is 1. The monoisotopic (exact) mass is 827 g/mol. The van der Waals surface area contributed by atoms with Gasteiger partial charge >= 0.3 is 17.9 Å². The molecule has 3 heterocycles.